The average Bonchev–Trinajstić information content (AvgIpc) is 1.91. The summed E-state index contributed by atoms with van der Waals surface area (Å²) in [5.41, 5.74) is 0. The van der Waals surface area contributed by atoms with Gasteiger partial charge in [0.05, 0.1) is 26.3 Å². The topological polar surface area (TPSA) is 54.0 Å². The Balaban J connectivity index is 2.08. The zero-order valence-electron chi connectivity index (χ0n) is 4.91. The van der Waals surface area contributed by atoms with Crippen molar-refractivity contribution in [2.45, 2.75) is 0 Å². The molecule has 0 aromatic rings. The molecule has 0 bridgehead atoms. The summed E-state index contributed by atoms with van der Waals surface area (Å²) in [6, 6.07) is 0. The van der Waals surface area contributed by atoms with Gasteiger partial charge in [-0.25, -0.2) is 0 Å². The van der Waals surface area contributed by atoms with Crippen molar-refractivity contribution in [2.24, 2.45) is 0 Å². The van der Waals surface area contributed by atoms with E-state index in [0.29, 0.717) is 26.3 Å². The van der Waals surface area contributed by atoms with E-state index >= 15 is 0 Å². The molecule has 5 heteroatoms. The molecule has 0 radical (unpaired) electrons. The van der Waals surface area contributed by atoms with Gasteiger partial charge in [-0.3, -0.25) is 5.04 Å². The first-order valence-corrected chi connectivity index (χ1v) is 2.73. The number of hydroxylamine groups is 2. The average molecular weight is 134 g/mol. The fourth-order valence-corrected chi connectivity index (χ4v) is 0.664. The molecule has 0 aliphatic carbocycles. The lowest BCUT2D eigenvalue weighted by Gasteiger charge is -2.24. The van der Waals surface area contributed by atoms with Crippen LogP contribution in [0.25, 0.3) is 0 Å². The molecule has 0 N–H and O–H groups in total. The third-order valence-corrected chi connectivity index (χ3v) is 1.11. The van der Waals surface area contributed by atoms with Crippen LogP contribution in [0, 0.1) is 0 Å². The molecule has 1 aliphatic heterocycles. The second kappa shape index (κ2) is 3.76. The van der Waals surface area contributed by atoms with E-state index in [1.807, 2.05) is 0 Å². The summed E-state index contributed by atoms with van der Waals surface area (Å²) in [6.07, 6.45) is 0. The second-order valence-electron chi connectivity index (χ2n) is 1.68. The van der Waals surface area contributed by atoms with E-state index in [1.54, 1.807) is 0 Å². The van der Waals surface area contributed by atoms with Crippen molar-refractivity contribution < 1.29 is 20.0 Å². The van der Waals surface area contributed by atoms with Gasteiger partial charge in [0.25, 0.3) is 0 Å². The fourth-order valence-electron chi connectivity index (χ4n) is 0.664. The number of hydrogen-bond acceptors (Lipinski definition) is 5. The van der Waals surface area contributed by atoms with Gasteiger partial charge in [0.2, 0.25) is 0 Å². The molecule has 0 spiro atoms. The van der Waals surface area contributed by atoms with Gasteiger partial charge in [-0.2, -0.15) is 5.06 Å². The van der Waals surface area contributed by atoms with Gasteiger partial charge in [-0.1, -0.05) is 0 Å². The van der Waals surface area contributed by atoms with Gasteiger partial charge in [0, 0.05) is 0 Å². The molecular formula is C4H8NO4-. The number of ether oxygens (including phenoxy) is 1. The molecule has 5 nitrogen and oxygen atoms in total. The normalized spacial score (nSPS) is 22.3. The lowest BCUT2D eigenvalue weighted by molar-refractivity contribution is -0.827. The van der Waals surface area contributed by atoms with Gasteiger partial charge < -0.3 is 9.99 Å². The lowest BCUT2D eigenvalue weighted by Crippen LogP contribution is -2.37. The summed E-state index contributed by atoms with van der Waals surface area (Å²) in [5.74, 6) is 0. The highest BCUT2D eigenvalue weighted by atomic mass is 17.5. The third-order valence-electron chi connectivity index (χ3n) is 1.11. The van der Waals surface area contributed by atoms with Crippen molar-refractivity contribution in [3.63, 3.8) is 0 Å². The van der Waals surface area contributed by atoms with Crippen LogP contribution < -0.4 is 5.26 Å². The van der Waals surface area contributed by atoms with E-state index in [-0.39, 0.29) is 0 Å². The number of hydrogen-bond donors (Lipinski definition) is 0. The molecule has 9 heavy (non-hydrogen) atoms. The third kappa shape index (κ3) is 2.25. The molecule has 0 aromatic heterocycles. The first-order valence-electron chi connectivity index (χ1n) is 2.73. The summed E-state index contributed by atoms with van der Waals surface area (Å²) >= 11 is 0. The van der Waals surface area contributed by atoms with Crippen LogP contribution >= 0.6 is 0 Å². The molecular weight excluding hydrogens is 126 g/mol. The Bertz CT molecular complexity index is 70.2. The maximum Gasteiger partial charge on any atom is 0.0618 e. The highest BCUT2D eigenvalue weighted by Crippen LogP contribution is 1.95. The van der Waals surface area contributed by atoms with E-state index < -0.39 is 0 Å². The van der Waals surface area contributed by atoms with Crippen molar-refractivity contribution in [2.75, 3.05) is 26.3 Å². The van der Waals surface area contributed by atoms with Gasteiger partial charge in [-0.05, 0) is 0 Å². The second-order valence-corrected chi connectivity index (χ2v) is 1.68. The maximum absolute atomic E-state index is 9.39. The van der Waals surface area contributed by atoms with Crippen molar-refractivity contribution in [3.05, 3.63) is 0 Å². The molecule has 0 aromatic carbocycles. The van der Waals surface area contributed by atoms with Gasteiger partial charge in [0.15, 0.2) is 0 Å². The molecule has 0 unspecified atom stereocenters. The molecule has 54 valence electrons. The van der Waals surface area contributed by atoms with Gasteiger partial charge in [-0.15, -0.1) is 4.99 Å². The highest BCUT2D eigenvalue weighted by molar-refractivity contribution is 4.49. The monoisotopic (exact) mass is 134 g/mol. The van der Waals surface area contributed by atoms with E-state index in [4.69, 9.17) is 4.74 Å². The molecule has 1 fully saturated rings. The van der Waals surface area contributed by atoms with Crippen LogP contribution in [0.4, 0.5) is 0 Å². The first kappa shape index (κ1) is 6.91. The quantitative estimate of drug-likeness (QED) is 0.338. The molecule has 0 amide bonds. The SMILES string of the molecule is [O-]OON1CCOCC1. The zero-order valence-corrected chi connectivity index (χ0v) is 4.91. The fraction of sp³-hybridized carbons (Fsp3) is 1.00. The number of morpholine rings is 1. The Morgan fingerprint density at radius 2 is 2.00 bits per heavy atom. The Labute approximate surface area is 52.5 Å². The van der Waals surface area contributed by atoms with Crippen LogP contribution in [0.15, 0.2) is 0 Å². The first-order chi connectivity index (χ1) is 4.43. The molecule has 0 atom stereocenters. The Morgan fingerprint density at radius 3 is 2.56 bits per heavy atom. The van der Waals surface area contributed by atoms with Crippen molar-refractivity contribution >= 4 is 0 Å². The van der Waals surface area contributed by atoms with Gasteiger partial charge >= 0.3 is 0 Å². The van der Waals surface area contributed by atoms with E-state index in [9.17, 15) is 5.26 Å². The van der Waals surface area contributed by atoms with Crippen LogP contribution in [0.5, 0.6) is 0 Å². The zero-order chi connectivity index (χ0) is 6.53. The maximum atomic E-state index is 9.39. The van der Waals surface area contributed by atoms with Crippen LogP contribution in [0.3, 0.4) is 0 Å². The minimum Gasteiger partial charge on any atom is -0.690 e. The number of rotatable bonds is 2. The Hall–Kier alpha value is -0.200. The van der Waals surface area contributed by atoms with Crippen molar-refractivity contribution in [1.29, 1.82) is 0 Å². The van der Waals surface area contributed by atoms with Crippen LogP contribution in [0.1, 0.15) is 0 Å². The van der Waals surface area contributed by atoms with Crippen LogP contribution in [0.2, 0.25) is 0 Å². The van der Waals surface area contributed by atoms with Gasteiger partial charge in [0.1, 0.15) is 0 Å². The summed E-state index contributed by atoms with van der Waals surface area (Å²) in [6.45, 7) is 2.34. The molecule has 1 aliphatic rings. The summed E-state index contributed by atoms with van der Waals surface area (Å²) in [4.78, 5) is 4.18. The molecule has 1 rings (SSSR count). The van der Waals surface area contributed by atoms with E-state index in [1.165, 1.54) is 5.06 Å². The summed E-state index contributed by atoms with van der Waals surface area (Å²) in [7, 11) is 0. The Morgan fingerprint density at radius 1 is 1.33 bits per heavy atom. The number of nitrogens with zero attached hydrogens (tertiary/aromatic N) is 1. The van der Waals surface area contributed by atoms with Crippen molar-refractivity contribution in [3.8, 4) is 0 Å². The molecule has 1 saturated heterocycles. The molecule has 0 saturated carbocycles. The van der Waals surface area contributed by atoms with Crippen LogP contribution in [-0.2, 0) is 14.8 Å². The smallest absolute Gasteiger partial charge is 0.0618 e. The minimum atomic E-state index is 0.586. The predicted octanol–water partition coefficient (Wildman–Crippen LogP) is -1.54. The predicted molar refractivity (Wildman–Crippen MR) is 24.6 cm³/mol. The largest absolute Gasteiger partial charge is 0.690 e. The minimum absolute atomic E-state index is 0.586. The lowest BCUT2D eigenvalue weighted by atomic mass is 10.5. The standard InChI is InChI=1S/C4H9NO4/c6-9-8-5-1-3-7-4-2-5/h6H,1-4H2/p-1. The van der Waals surface area contributed by atoms with E-state index in [2.05, 4.69) is 10.0 Å². The van der Waals surface area contributed by atoms with Crippen LogP contribution in [-0.4, -0.2) is 31.4 Å². The summed E-state index contributed by atoms with van der Waals surface area (Å²) in [5, 5.41) is 14.0. The molecule has 1 heterocycles. The Kier molecular flexibility index (Phi) is 2.88. The summed E-state index contributed by atoms with van der Waals surface area (Å²) < 4.78 is 4.97. The highest BCUT2D eigenvalue weighted by Gasteiger charge is 2.09. The van der Waals surface area contributed by atoms with Crippen molar-refractivity contribution in [1.82, 2.24) is 5.06 Å². The van der Waals surface area contributed by atoms with E-state index in [0.717, 1.165) is 0 Å².